The molecule has 1 atom stereocenters. The molecule has 0 saturated heterocycles. The molecular formula is C18H31N. The molecule has 0 heterocycles. The van der Waals surface area contributed by atoms with Gasteiger partial charge in [-0.25, -0.2) is 0 Å². The quantitative estimate of drug-likeness (QED) is 0.714. The van der Waals surface area contributed by atoms with Gasteiger partial charge in [0, 0.05) is 6.04 Å². The molecule has 0 saturated carbocycles. The average molecular weight is 261 g/mol. The first-order valence-corrected chi connectivity index (χ1v) is 7.88. The number of nitrogens with one attached hydrogen (secondary N) is 1. The van der Waals surface area contributed by atoms with Crippen LogP contribution in [0.2, 0.25) is 0 Å². The highest BCUT2D eigenvalue weighted by atomic mass is 14.9. The van der Waals surface area contributed by atoms with Gasteiger partial charge >= 0.3 is 0 Å². The Kier molecular flexibility index (Phi) is 7.15. The maximum absolute atomic E-state index is 3.69. The second kappa shape index (κ2) is 8.37. The minimum Gasteiger partial charge on any atom is -0.314 e. The molecule has 19 heavy (non-hydrogen) atoms. The van der Waals surface area contributed by atoms with Crippen molar-refractivity contribution in [3.63, 3.8) is 0 Å². The molecule has 0 aliphatic heterocycles. The smallest absolute Gasteiger partial charge is 0.00701 e. The Morgan fingerprint density at radius 3 is 2.21 bits per heavy atom. The topological polar surface area (TPSA) is 12.0 Å². The molecule has 0 aliphatic carbocycles. The predicted octanol–water partition coefficient (Wildman–Crippen LogP) is 4.71. The molecule has 1 N–H and O–H groups in total. The zero-order valence-corrected chi connectivity index (χ0v) is 13.5. The molecular weight excluding hydrogens is 230 g/mol. The van der Waals surface area contributed by atoms with E-state index in [0.717, 1.165) is 6.54 Å². The van der Waals surface area contributed by atoms with Crippen LogP contribution in [-0.2, 0) is 6.42 Å². The van der Waals surface area contributed by atoms with Gasteiger partial charge in [-0.1, -0.05) is 32.4 Å². The molecule has 0 bridgehead atoms. The third kappa shape index (κ3) is 5.36. The van der Waals surface area contributed by atoms with E-state index < -0.39 is 0 Å². The lowest BCUT2D eigenvalue weighted by Gasteiger charge is -2.19. The highest BCUT2D eigenvalue weighted by Gasteiger charge is 2.08. The van der Waals surface area contributed by atoms with Crippen molar-refractivity contribution in [2.45, 2.75) is 72.8 Å². The first-order valence-electron chi connectivity index (χ1n) is 7.88. The number of aryl methyl sites for hydroxylation is 4. The maximum atomic E-state index is 3.69. The molecule has 1 aromatic carbocycles. The van der Waals surface area contributed by atoms with Crippen molar-refractivity contribution in [3.8, 4) is 0 Å². The molecule has 1 heteroatoms. The Morgan fingerprint density at radius 2 is 1.58 bits per heavy atom. The van der Waals surface area contributed by atoms with Gasteiger partial charge in [0.15, 0.2) is 0 Å². The molecule has 0 aromatic heterocycles. The van der Waals surface area contributed by atoms with Crippen molar-refractivity contribution in [1.29, 1.82) is 0 Å². The van der Waals surface area contributed by atoms with Gasteiger partial charge < -0.3 is 5.32 Å². The van der Waals surface area contributed by atoms with Crippen LogP contribution in [0.4, 0.5) is 0 Å². The lowest BCUT2D eigenvalue weighted by Crippen LogP contribution is -2.30. The Labute approximate surface area is 119 Å². The third-order valence-electron chi connectivity index (χ3n) is 4.03. The van der Waals surface area contributed by atoms with Crippen molar-refractivity contribution in [2.24, 2.45) is 0 Å². The fraction of sp³-hybridized carbons (Fsp3) is 0.667. The van der Waals surface area contributed by atoms with Crippen LogP contribution in [0.15, 0.2) is 12.1 Å². The van der Waals surface area contributed by atoms with Crippen molar-refractivity contribution < 1.29 is 0 Å². The highest BCUT2D eigenvalue weighted by Crippen LogP contribution is 2.18. The minimum atomic E-state index is 0.686. The standard InChI is InChI=1S/C18H31N/c1-6-8-18(19-11-7-2)10-9-17-13-15(4)14(3)12-16(17)5/h12-13,18-19H,6-11H2,1-5H3. The van der Waals surface area contributed by atoms with Gasteiger partial charge in [0.05, 0.1) is 0 Å². The first-order chi connectivity index (χ1) is 9.08. The Balaban J connectivity index is 2.60. The molecule has 0 radical (unpaired) electrons. The van der Waals surface area contributed by atoms with E-state index in [1.165, 1.54) is 54.4 Å². The monoisotopic (exact) mass is 261 g/mol. The van der Waals surface area contributed by atoms with E-state index in [0.29, 0.717) is 6.04 Å². The summed E-state index contributed by atoms with van der Waals surface area (Å²) in [6.45, 7) is 12.3. The molecule has 1 nitrogen and oxygen atoms in total. The summed E-state index contributed by atoms with van der Waals surface area (Å²) < 4.78 is 0. The zero-order chi connectivity index (χ0) is 14.3. The molecule has 108 valence electrons. The van der Waals surface area contributed by atoms with Gasteiger partial charge in [-0.2, -0.15) is 0 Å². The molecule has 1 aromatic rings. The van der Waals surface area contributed by atoms with Crippen LogP contribution in [0.5, 0.6) is 0 Å². The molecule has 0 amide bonds. The van der Waals surface area contributed by atoms with Crippen LogP contribution in [-0.4, -0.2) is 12.6 Å². The van der Waals surface area contributed by atoms with Crippen molar-refractivity contribution in [3.05, 3.63) is 34.4 Å². The first kappa shape index (κ1) is 16.2. The van der Waals surface area contributed by atoms with Gasteiger partial charge in [-0.05, 0) is 75.3 Å². The second-order valence-electron chi connectivity index (χ2n) is 5.84. The van der Waals surface area contributed by atoms with Gasteiger partial charge in [-0.15, -0.1) is 0 Å². The molecule has 0 aliphatic rings. The van der Waals surface area contributed by atoms with E-state index in [-0.39, 0.29) is 0 Å². The Morgan fingerprint density at radius 1 is 0.895 bits per heavy atom. The fourth-order valence-corrected chi connectivity index (χ4v) is 2.66. The van der Waals surface area contributed by atoms with Crippen LogP contribution in [0.1, 0.15) is 61.8 Å². The molecule has 1 unspecified atom stereocenters. The van der Waals surface area contributed by atoms with Crippen LogP contribution in [0.3, 0.4) is 0 Å². The lowest BCUT2D eigenvalue weighted by atomic mass is 9.95. The molecule has 1 rings (SSSR count). The lowest BCUT2D eigenvalue weighted by molar-refractivity contribution is 0.448. The van der Waals surface area contributed by atoms with E-state index in [1.54, 1.807) is 0 Å². The van der Waals surface area contributed by atoms with Crippen LogP contribution >= 0.6 is 0 Å². The number of benzene rings is 1. The summed E-state index contributed by atoms with van der Waals surface area (Å²) in [4.78, 5) is 0. The summed E-state index contributed by atoms with van der Waals surface area (Å²) in [6, 6.07) is 5.40. The van der Waals surface area contributed by atoms with E-state index in [1.807, 2.05) is 0 Å². The Bertz CT molecular complexity index is 382. The van der Waals surface area contributed by atoms with E-state index in [9.17, 15) is 0 Å². The SMILES string of the molecule is CCCNC(CCC)CCc1cc(C)c(C)cc1C. The highest BCUT2D eigenvalue weighted by molar-refractivity contribution is 5.36. The summed E-state index contributed by atoms with van der Waals surface area (Å²) in [5.41, 5.74) is 5.82. The normalized spacial score (nSPS) is 12.7. The number of hydrogen-bond acceptors (Lipinski definition) is 1. The largest absolute Gasteiger partial charge is 0.314 e. The van der Waals surface area contributed by atoms with Crippen LogP contribution < -0.4 is 5.32 Å². The van der Waals surface area contributed by atoms with E-state index in [4.69, 9.17) is 0 Å². The molecule has 0 spiro atoms. The van der Waals surface area contributed by atoms with Crippen molar-refractivity contribution in [1.82, 2.24) is 5.32 Å². The van der Waals surface area contributed by atoms with E-state index in [2.05, 4.69) is 52.1 Å². The van der Waals surface area contributed by atoms with Crippen LogP contribution in [0.25, 0.3) is 0 Å². The second-order valence-corrected chi connectivity index (χ2v) is 5.84. The van der Waals surface area contributed by atoms with Gasteiger partial charge in [0.1, 0.15) is 0 Å². The Hall–Kier alpha value is -0.820. The average Bonchev–Trinajstić information content (AvgIpc) is 2.38. The zero-order valence-electron chi connectivity index (χ0n) is 13.5. The van der Waals surface area contributed by atoms with E-state index >= 15 is 0 Å². The van der Waals surface area contributed by atoms with Crippen molar-refractivity contribution in [2.75, 3.05) is 6.54 Å². The van der Waals surface area contributed by atoms with Crippen LogP contribution in [0, 0.1) is 20.8 Å². The number of rotatable bonds is 8. The third-order valence-corrected chi connectivity index (χ3v) is 4.03. The van der Waals surface area contributed by atoms with Gasteiger partial charge in [-0.3, -0.25) is 0 Å². The maximum Gasteiger partial charge on any atom is 0.00701 e. The van der Waals surface area contributed by atoms with Gasteiger partial charge in [0.25, 0.3) is 0 Å². The van der Waals surface area contributed by atoms with Gasteiger partial charge in [0.2, 0.25) is 0 Å². The molecule has 0 fully saturated rings. The minimum absolute atomic E-state index is 0.686. The van der Waals surface area contributed by atoms with Crippen molar-refractivity contribution >= 4 is 0 Å². The summed E-state index contributed by atoms with van der Waals surface area (Å²) in [5.74, 6) is 0. The summed E-state index contributed by atoms with van der Waals surface area (Å²) in [6.07, 6.45) is 6.26. The summed E-state index contributed by atoms with van der Waals surface area (Å²) in [5, 5.41) is 3.69. The number of hydrogen-bond donors (Lipinski definition) is 1. The summed E-state index contributed by atoms with van der Waals surface area (Å²) in [7, 11) is 0. The summed E-state index contributed by atoms with van der Waals surface area (Å²) >= 11 is 0. The fourth-order valence-electron chi connectivity index (χ4n) is 2.66. The predicted molar refractivity (Wildman–Crippen MR) is 86.0 cm³/mol.